The van der Waals surface area contributed by atoms with Crippen LogP contribution in [-0.2, 0) is 0 Å². The van der Waals surface area contributed by atoms with E-state index < -0.39 is 5.97 Å². The fourth-order valence-electron chi connectivity index (χ4n) is 2.50. The SMILES string of the molecule is CCCCNc1nc2cc(C(=O)O)ccc2c2cnccc12. The minimum Gasteiger partial charge on any atom is -0.478 e. The first-order valence-corrected chi connectivity index (χ1v) is 7.35. The molecule has 0 aliphatic rings. The Morgan fingerprint density at radius 1 is 1.23 bits per heavy atom. The Morgan fingerprint density at radius 3 is 2.86 bits per heavy atom. The molecule has 0 bridgehead atoms. The number of aromatic carboxylic acids is 1. The van der Waals surface area contributed by atoms with Gasteiger partial charge in [-0.2, -0.15) is 0 Å². The zero-order chi connectivity index (χ0) is 15.5. The zero-order valence-electron chi connectivity index (χ0n) is 12.3. The molecule has 0 radical (unpaired) electrons. The molecule has 2 aromatic heterocycles. The van der Waals surface area contributed by atoms with Crippen LogP contribution in [0.3, 0.4) is 0 Å². The number of nitrogens with one attached hydrogen (secondary N) is 1. The van der Waals surface area contributed by atoms with Gasteiger partial charge in [0.1, 0.15) is 5.82 Å². The molecule has 0 atom stereocenters. The topological polar surface area (TPSA) is 75.1 Å². The molecule has 0 saturated heterocycles. The first-order chi connectivity index (χ1) is 10.7. The van der Waals surface area contributed by atoms with E-state index in [9.17, 15) is 4.79 Å². The first-order valence-electron chi connectivity index (χ1n) is 7.35. The lowest BCUT2D eigenvalue weighted by Crippen LogP contribution is -2.04. The second kappa shape index (κ2) is 5.97. The number of pyridine rings is 2. The van der Waals surface area contributed by atoms with Gasteiger partial charge in [-0.1, -0.05) is 19.4 Å². The summed E-state index contributed by atoms with van der Waals surface area (Å²) in [5, 5.41) is 15.4. The molecule has 5 heteroatoms. The molecule has 0 aliphatic carbocycles. The molecule has 0 aliphatic heterocycles. The highest BCUT2D eigenvalue weighted by Gasteiger charge is 2.10. The smallest absolute Gasteiger partial charge is 0.335 e. The highest BCUT2D eigenvalue weighted by molar-refractivity contribution is 6.10. The van der Waals surface area contributed by atoms with Crippen LogP contribution >= 0.6 is 0 Å². The van der Waals surface area contributed by atoms with E-state index >= 15 is 0 Å². The maximum absolute atomic E-state index is 11.1. The molecule has 0 amide bonds. The van der Waals surface area contributed by atoms with Crippen LogP contribution in [0.1, 0.15) is 30.1 Å². The second-order valence-electron chi connectivity index (χ2n) is 5.20. The number of hydrogen-bond acceptors (Lipinski definition) is 4. The van der Waals surface area contributed by atoms with Gasteiger partial charge in [0, 0.05) is 35.1 Å². The quantitative estimate of drug-likeness (QED) is 0.554. The van der Waals surface area contributed by atoms with Gasteiger partial charge in [0.25, 0.3) is 0 Å². The third kappa shape index (κ3) is 2.57. The number of anilines is 1. The maximum Gasteiger partial charge on any atom is 0.335 e. The summed E-state index contributed by atoms with van der Waals surface area (Å²) in [7, 11) is 0. The molecule has 1 aromatic carbocycles. The minimum absolute atomic E-state index is 0.239. The van der Waals surface area contributed by atoms with E-state index in [1.165, 1.54) is 0 Å². The van der Waals surface area contributed by atoms with Crippen molar-refractivity contribution in [1.82, 2.24) is 9.97 Å². The first kappa shape index (κ1) is 14.3. The van der Waals surface area contributed by atoms with E-state index in [0.29, 0.717) is 5.52 Å². The summed E-state index contributed by atoms with van der Waals surface area (Å²) in [6.07, 6.45) is 5.70. The number of carbonyl (C=O) groups is 1. The van der Waals surface area contributed by atoms with Crippen molar-refractivity contribution in [3.8, 4) is 0 Å². The molecule has 0 fully saturated rings. The van der Waals surface area contributed by atoms with Crippen LogP contribution in [0, 0.1) is 0 Å². The number of benzene rings is 1. The van der Waals surface area contributed by atoms with Crippen molar-refractivity contribution in [3.05, 3.63) is 42.2 Å². The van der Waals surface area contributed by atoms with Gasteiger partial charge in [-0.3, -0.25) is 4.98 Å². The second-order valence-corrected chi connectivity index (χ2v) is 5.20. The van der Waals surface area contributed by atoms with Crippen molar-refractivity contribution in [3.63, 3.8) is 0 Å². The van der Waals surface area contributed by atoms with Crippen LogP contribution in [0.4, 0.5) is 5.82 Å². The third-order valence-electron chi connectivity index (χ3n) is 3.67. The molecule has 3 rings (SSSR count). The minimum atomic E-state index is -0.949. The lowest BCUT2D eigenvalue weighted by Gasteiger charge is -2.11. The van der Waals surface area contributed by atoms with Crippen molar-refractivity contribution in [2.75, 3.05) is 11.9 Å². The van der Waals surface area contributed by atoms with E-state index in [-0.39, 0.29) is 5.56 Å². The fraction of sp³-hybridized carbons (Fsp3) is 0.235. The summed E-state index contributed by atoms with van der Waals surface area (Å²) >= 11 is 0. The molecule has 0 spiro atoms. The van der Waals surface area contributed by atoms with Gasteiger partial charge < -0.3 is 10.4 Å². The number of aromatic nitrogens is 2. The molecule has 2 heterocycles. The van der Waals surface area contributed by atoms with Gasteiger partial charge in [0.2, 0.25) is 0 Å². The normalized spacial score (nSPS) is 11.0. The Morgan fingerprint density at radius 2 is 2.09 bits per heavy atom. The lowest BCUT2D eigenvalue weighted by molar-refractivity contribution is 0.0697. The monoisotopic (exact) mass is 295 g/mol. The number of nitrogens with zero attached hydrogens (tertiary/aromatic N) is 2. The number of carboxylic acids is 1. The lowest BCUT2D eigenvalue weighted by atomic mass is 10.1. The van der Waals surface area contributed by atoms with E-state index in [2.05, 4.69) is 22.2 Å². The Labute approximate surface area is 128 Å². The Kier molecular flexibility index (Phi) is 3.87. The van der Waals surface area contributed by atoms with Gasteiger partial charge in [0.15, 0.2) is 0 Å². The molecule has 2 N–H and O–H groups in total. The molecule has 22 heavy (non-hydrogen) atoms. The van der Waals surface area contributed by atoms with Crippen LogP contribution in [0.2, 0.25) is 0 Å². The van der Waals surface area contributed by atoms with Gasteiger partial charge in [0.05, 0.1) is 11.1 Å². The maximum atomic E-state index is 11.1. The Balaban J connectivity index is 2.20. The average molecular weight is 295 g/mol. The van der Waals surface area contributed by atoms with Crippen molar-refractivity contribution in [1.29, 1.82) is 0 Å². The zero-order valence-corrected chi connectivity index (χ0v) is 12.3. The van der Waals surface area contributed by atoms with Gasteiger partial charge in [-0.25, -0.2) is 9.78 Å². The van der Waals surface area contributed by atoms with E-state index in [0.717, 1.165) is 41.4 Å². The van der Waals surface area contributed by atoms with Gasteiger partial charge in [-0.15, -0.1) is 0 Å². The van der Waals surface area contributed by atoms with Crippen LogP contribution in [0.25, 0.3) is 21.7 Å². The number of fused-ring (bicyclic) bond motifs is 3. The molecular weight excluding hydrogens is 278 g/mol. The van der Waals surface area contributed by atoms with Crippen molar-refractivity contribution in [2.45, 2.75) is 19.8 Å². The van der Waals surface area contributed by atoms with Crippen LogP contribution in [0.15, 0.2) is 36.7 Å². The summed E-state index contributed by atoms with van der Waals surface area (Å²) in [5.74, 6) is -0.170. The number of hydrogen-bond donors (Lipinski definition) is 2. The Bertz CT molecular complexity index is 846. The van der Waals surface area contributed by atoms with Crippen molar-refractivity contribution < 1.29 is 9.90 Å². The highest BCUT2D eigenvalue weighted by atomic mass is 16.4. The summed E-state index contributed by atoms with van der Waals surface area (Å²) in [4.78, 5) is 20.0. The summed E-state index contributed by atoms with van der Waals surface area (Å²) in [6, 6.07) is 6.94. The largest absolute Gasteiger partial charge is 0.478 e. The molecule has 0 unspecified atom stereocenters. The summed E-state index contributed by atoms with van der Waals surface area (Å²) in [6.45, 7) is 2.97. The summed E-state index contributed by atoms with van der Waals surface area (Å²) in [5.41, 5.74) is 0.905. The van der Waals surface area contributed by atoms with E-state index in [1.807, 2.05) is 6.07 Å². The standard InChI is InChI=1S/C17H17N3O2/c1-2-3-7-19-16-13-6-8-18-10-14(13)12-5-4-11(17(21)22)9-15(12)20-16/h4-6,8-10H,2-3,7H2,1H3,(H,19,20)(H,21,22). The Hall–Kier alpha value is -2.69. The predicted molar refractivity (Wildman–Crippen MR) is 87.4 cm³/mol. The van der Waals surface area contributed by atoms with Gasteiger partial charge >= 0.3 is 5.97 Å². The van der Waals surface area contributed by atoms with Crippen molar-refractivity contribution in [2.24, 2.45) is 0 Å². The molecule has 3 aromatic rings. The predicted octanol–water partition coefficient (Wildman–Crippen LogP) is 3.69. The van der Waals surface area contributed by atoms with Crippen LogP contribution in [0.5, 0.6) is 0 Å². The van der Waals surface area contributed by atoms with Gasteiger partial charge in [-0.05, 0) is 24.6 Å². The number of unbranched alkanes of at least 4 members (excludes halogenated alkanes) is 1. The van der Waals surface area contributed by atoms with E-state index in [4.69, 9.17) is 5.11 Å². The van der Waals surface area contributed by atoms with Crippen LogP contribution in [-0.4, -0.2) is 27.6 Å². The average Bonchev–Trinajstić information content (AvgIpc) is 2.54. The summed E-state index contributed by atoms with van der Waals surface area (Å²) < 4.78 is 0. The number of rotatable bonds is 5. The molecule has 112 valence electrons. The van der Waals surface area contributed by atoms with E-state index in [1.54, 1.807) is 30.6 Å². The molecule has 5 nitrogen and oxygen atoms in total. The number of carboxylic acid groups (broad SMARTS) is 1. The van der Waals surface area contributed by atoms with Crippen molar-refractivity contribution >= 4 is 33.5 Å². The molecule has 0 saturated carbocycles. The highest BCUT2D eigenvalue weighted by Crippen LogP contribution is 2.29. The van der Waals surface area contributed by atoms with Crippen LogP contribution < -0.4 is 5.32 Å². The third-order valence-corrected chi connectivity index (χ3v) is 3.67. The molecular formula is C17H17N3O2. The fourth-order valence-corrected chi connectivity index (χ4v) is 2.50.